The van der Waals surface area contributed by atoms with Crippen LogP contribution in [0.5, 0.6) is 5.75 Å². The molecule has 1 heterocycles. The lowest BCUT2D eigenvalue weighted by molar-refractivity contribution is 0.0954. The van der Waals surface area contributed by atoms with Crippen LogP contribution < -0.4 is 10.2 Å². The average Bonchev–Trinajstić information content (AvgIpc) is 3.06. The Hall–Kier alpha value is -2.78. The van der Waals surface area contributed by atoms with Gasteiger partial charge >= 0.3 is 0 Å². The molecular formula is C23H26ClN3O5. The van der Waals surface area contributed by atoms with E-state index in [1.54, 1.807) is 48.6 Å². The van der Waals surface area contributed by atoms with Crippen LogP contribution in [0.3, 0.4) is 0 Å². The fourth-order valence-corrected chi connectivity index (χ4v) is 3.78. The van der Waals surface area contributed by atoms with Gasteiger partial charge in [-0.1, -0.05) is 29.8 Å². The number of amides is 1. The van der Waals surface area contributed by atoms with Gasteiger partial charge in [0, 0.05) is 41.5 Å². The van der Waals surface area contributed by atoms with Crippen molar-refractivity contribution in [3.8, 4) is 5.75 Å². The van der Waals surface area contributed by atoms with Crippen molar-refractivity contribution >= 4 is 23.7 Å². The van der Waals surface area contributed by atoms with Gasteiger partial charge < -0.3 is 20.1 Å². The molecule has 1 saturated carbocycles. The number of hydrogen-bond acceptors (Lipinski definition) is 7. The predicted molar refractivity (Wildman–Crippen MR) is 121 cm³/mol. The Balaban J connectivity index is 1.51. The highest BCUT2D eigenvalue weighted by Gasteiger charge is 2.39. The SMILES string of the molecule is O=C(N/N=C/C[C@@H]1[C@@H](/C=C/[C@@H](O)COc2cccc(Cl)c2)[C@H](O)C[C@@H]1O)c1ccncc1. The maximum Gasteiger partial charge on any atom is 0.271 e. The maximum absolute atomic E-state index is 12.0. The van der Waals surface area contributed by atoms with E-state index in [-0.39, 0.29) is 30.8 Å². The number of aliphatic hydroxyl groups excluding tert-OH is 3. The minimum absolute atomic E-state index is 0.0232. The van der Waals surface area contributed by atoms with Crippen molar-refractivity contribution in [2.75, 3.05) is 6.61 Å². The Morgan fingerprint density at radius 3 is 2.81 bits per heavy atom. The molecule has 1 aliphatic carbocycles. The number of pyridine rings is 1. The minimum Gasteiger partial charge on any atom is -0.491 e. The van der Waals surface area contributed by atoms with E-state index in [9.17, 15) is 20.1 Å². The number of hydrogen-bond donors (Lipinski definition) is 4. The standard InChI is InChI=1S/C23H26ClN3O5/c24-16-2-1-3-18(12-16)32-14-17(28)4-5-19-20(22(30)13-21(19)29)8-11-26-27-23(31)15-6-9-25-10-7-15/h1-7,9-12,17,19-22,28-30H,8,13-14H2,(H,27,31)/b5-4+,26-11+/t17-,19-,20-,21-,22+/m1/s1. The van der Waals surface area contributed by atoms with Crippen LogP contribution in [0, 0.1) is 11.8 Å². The molecule has 4 N–H and O–H groups in total. The van der Waals surface area contributed by atoms with Crippen LogP contribution >= 0.6 is 11.6 Å². The Morgan fingerprint density at radius 2 is 2.06 bits per heavy atom. The fraction of sp³-hybridized carbons (Fsp3) is 0.348. The maximum atomic E-state index is 12.0. The number of halogens is 1. The summed E-state index contributed by atoms with van der Waals surface area (Å²) in [4.78, 5) is 15.8. The molecule has 32 heavy (non-hydrogen) atoms. The normalized spacial score (nSPS) is 24.1. The first-order chi connectivity index (χ1) is 15.4. The molecule has 1 aromatic carbocycles. The zero-order chi connectivity index (χ0) is 22.9. The highest BCUT2D eigenvalue weighted by molar-refractivity contribution is 6.30. The molecule has 8 nitrogen and oxygen atoms in total. The average molecular weight is 460 g/mol. The van der Waals surface area contributed by atoms with E-state index in [1.165, 1.54) is 18.6 Å². The number of carbonyl (C=O) groups excluding carboxylic acids is 1. The lowest BCUT2D eigenvalue weighted by Gasteiger charge is -2.19. The van der Waals surface area contributed by atoms with Crippen molar-refractivity contribution in [1.29, 1.82) is 0 Å². The second-order valence-corrected chi connectivity index (χ2v) is 7.99. The van der Waals surface area contributed by atoms with Crippen LogP contribution in [-0.4, -0.2) is 57.3 Å². The quantitative estimate of drug-likeness (QED) is 0.259. The number of hydrazone groups is 1. The second-order valence-electron chi connectivity index (χ2n) is 7.56. The summed E-state index contributed by atoms with van der Waals surface area (Å²) in [6, 6.07) is 10.0. The first-order valence-electron chi connectivity index (χ1n) is 10.3. The number of benzene rings is 1. The third-order valence-corrected chi connectivity index (χ3v) is 5.50. The number of aliphatic hydroxyl groups is 3. The van der Waals surface area contributed by atoms with E-state index in [0.717, 1.165) is 0 Å². The largest absolute Gasteiger partial charge is 0.491 e. The van der Waals surface area contributed by atoms with Crippen molar-refractivity contribution in [3.05, 3.63) is 71.5 Å². The second kappa shape index (κ2) is 11.7. The smallest absolute Gasteiger partial charge is 0.271 e. The number of nitrogens with one attached hydrogen (secondary N) is 1. The van der Waals surface area contributed by atoms with Gasteiger partial charge in [-0.15, -0.1) is 0 Å². The Bertz CT molecular complexity index is 940. The van der Waals surface area contributed by atoms with Crippen molar-refractivity contribution in [1.82, 2.24) is 10.4 Å². The topological polar surface area (TPSA) is 124 Å². The van der Waals surface area contributed by atoms with Gasteiger partial charge in [0.1, 0.15) is 18.5 Å². The summed E-state index contributed by atoms with van der Waals surface area (Å²) in [6.07, 6.45) is 5.99. The van der Waals surface area contributed by atoms with E-state index in [4.69, 9.17) is 16.3 Å². The van der Waals surface area contributed by atoms with Crippen LogP contribution in [0.25, 0.3) is 0 Å². The van der Waals surface area contributed by atoms with Crippen molar-refractivity contribution in [2.24, 2.45) is 16.9 Å². The van der Waals surface area contributed by atoms with E-state index in [2.05, 4.69) is 15.5 Å². The summed E-state index contributed by atoms with van der Waals surface area (Å²) in [5, 5.41) is 35.3. The van der Waals surface area contributed by atoms with Crippen LogP contribution in [0.15, 0.2) is 66.0 Å². The lowest BCUT2D eigenvalue weighted by Crippen LogP contribution is -2.23. The zero-order valence-electron chi connectivity index (χ0n) is 17.3. The highest BCUT2D eigenvalue weighted by atomic mass is 35.5. The molecule has 0 bridgehead atoms. The van der Waals surface area contributed by atoms with E-state index in [0.29, 0.717) is 22.8 Å². The molecule has 3 rings (SSSR count). The van der Waals surface area contributed by atoms with Crippen molar-refractivity contribution in [2.45, 2.75) is 31.2 Å². The van der Waals surface area contributed by atoms with Crippen molar-refractivity contribution < 1.29 is 24.9 Å². The summed E-state index contributed by atoms with van der Waals surface area (Å²) in [6.45, 7) is 0.0232. The van der Waals surface area contributed by atoms with Gasteiger partial charge in [0.2, 0.25) is 0 Å². The van der Waals surface area contributed by atoms with E-state index in [1.807, 2.05) is 0 Å². The molecule has 1 aromatic heterocycles. The molecule has 0 spiro atoms. The van der Waals surface area contributed by atoms with Crippen LogP contribution in [-0.2, 0) is 0 Å². The molecule has 0 radical (unpaired) electrons. The summed E-state index contributed by atoms with van der Waals surface area (Å²) in [7, 11) is 0. The van der Waals surface area contributed by atoms with E-state index < -0.39 is 18.3 Å². The first-order valence-corrected chi connectivity index (χ1v) is 10.6. The zero-order valence-corrected chi connectivity index (χ0v) is 18.0. The van der Waals surface area contributed by atoms with Gasteiger partial charge in [-0.3, -0.25) is 9.78 Å². The first kappa shape index (κ1) is 23.9. The minimum atomic E-state index is -0.895. The predicted octanol–water partition coefficient (Wildman–Crippen LogP) is 2.19. The van der Waals surface area contributed by atoms with Gasteiger partial charge in [-0.05, 0) is 42.7 Å². The van der Waals surface area contributed by atoms with Crippen LogP contribution in [0.1, 0.15) is 23.2 Å². The van der Waals surface area contributed by atoms with Crippen LogP contribution in [0.2, 0.25) is 5.02 Å². The summed E-state index contributed by atoms with van der Waals surface area (Å²) in [5.41, 5.74) is 2.86. The highest BCUT2D eigenvalue weighted by Crippen LogP contribution is 2.35. The number of carbonyl (C=O) groups is 1. The molecule has 2 aromatic rings. The molecule has 9 heteroatoms. The molecule has 1 aliphatic rings. The summed E-state index contributed by atoms with van der Waals surface area (Å²) >= 11 is 5.91. The molecule has 1 amide bonds. The van der Waals surface area contributed by atoms with Gasteiger partial charge in [-0.2, -0.15) is 5.10 Å². The number of ether oxygens (including phenoxy) is 1. The van der Waals surface area contributed by atoms with Gasteiger partial charge in [-0.25, -0.2) is 5.43 Å². The molecule has 0 saturated heterocycles. The van der Waals surface area contributed by atoms with Crippen molar-refractivity contribution in [3.63, 3.8) is 0 Å². The number of rotatable bonds is 9. The molecule has 1 fully saturated rings. The van der Waals surface area contributed by atoms with Crippen LogP contribution in [0.4, 0.5) is 0 Å². The Kier molecular flexibility index (Phi) is 8.75. The summed E-state index contributed by atoms with van der Waals surface area (Å²) in [5.74, 6) is -0.490. The molecular weight excluding hydrogens is 434 g/mol. The molecule has 5 atom stereocenters. The third kappa shape index (κ3) is 6.86. The third-order valence-electron chi connectivity index (χ3n) is 5.27. The van der Waals surface area contributed by atoms with Gasteiger partial charge in [0.15, 0.2) is 0 Å². The Morgan fingerprint density at radius 1 is 1.28 bits per heavy atom. The van der Waals surface area contributed by atoms with E-state index >= 15 is 0 Å². The fourth-order valence-electron chi connectivity index (χ4n) is 3.60. The molecule has 170 valence electrons. The number of nitrogens with zero attached hydrogens (tertiary/aromatic N) is 2. The number of aromatic nitrogens is 1. The lowest BCUT2D eigenvalue weighted by atomic mass is 9.90. The van der Waals surface area contributed by atoms with Gasteiger partial charge in [0.25, 0.3) is 5.91 Å². The summed E-state index contributed by atoms with van der Waals surface area (Å²) < 4.78 is 5.51. The van der Waals surface area contributed by atoms with Gasteiger partial charge in [0.05, 0.1) is 12.2 Å². The monoisotopic (exact) mass is 459 g/mol. The molecule has 0 unspecified atom stereocenters. The molecule has 0 aliphatic heterocycles. The Labute approximate surface area is 191 Å².